The van der Waals surface area contributed by atoms with E-state index in [0.29, 0.717) is 18.4 Å². The smallest absolute Gasteiger partial charge is 0.227 e. The van der Waals surface area contributed by atoms with Gasteiger partial charge in [-0.3, -0.25) is 9.79 Å². The predicted molar refractivity (Wildman–Crippen MR) is 112 cm³/mol. The van der Waals surface area contributed by atoms with Crippen LogP contribution in [-0.2, 0) is 14.3 Å². The minimum atomic E-state index is -0.487. The Bertz CT molecular complexity index is 399. The summed E-state index contributed by atoms with van der Waals surface area (Å²) in [5.74, 6) is 1.36. The van der Waals surface area contributed by atoms with Gasteiger partial charge in [0.2, 0.25) is 5.91 Å². The molecule has 0 atom stereocenters. The van der Waals surface area contributed by atoms with Crippen molar-refractivity contribution >= 4 is 35.8 Å². The van der Waals surface area contributed by atoms with Gasteiger partial charge < -0.3 is 25.4 Å². The third kappa shape index (κ3) is 10.2. The molecule has 1 rings (SSSR count). The summed E-state index contributed by atoms with van der Waals surface area (Å²) < 4.78 is 11.1. The highest BCUT2D eigenvalue weighted by Crippen LogP contribution is 2.14. The number of ether oxygens (including phenoxy) is 2. The summed E-state index contributed by atoms with van der Waals surface area (Å²) in [7, 11) is 3.38. The number of halogens is 1. The van der Waals surface area contributed by atoms with Crippen LogP contribution in [0, 0.1) is 11.3 Å². The van der Waals surface area contributed by atoms with Gasteiger partial charge in [-0.2, -0.15) is 0 Å². The average Bonchev–Trinajstić information content (AvgIpc) is 2.60. The summed E-state index contributed by atoms with van der Waals surface area (Å²) in [6.07, 6.45) is 3.13. The van der Waals surface area contributed by atoms with Gasteiger partial charge in [0.25, 0.3) is 0 Å². The lowest BCUT2D eigenvalue weighted by Crippen LogP contribution is -2.47. The molecule has 8 heteroatoms. The molecule has 0 spiro atoms. The van der Waals surface area contributed by atoms with Gasteiger partial charge in [-0.05, 0) is 39.0 Å². The van der Waals surface area contributed by atoms with E-state index in [9.17, 15) is 4.79 Å². The largest absolute Gasteiger partial charge is 0.381 e. The van der Waals surface area contributed by atoms with Crippen molar-refractivity contribution in [2.24, 2.45) is 16.3 Å². The average molecular weight is 470 g/mol. The molecule has 148 valence electrons. The van der Waals surface area contributed by atoms with E-state index >= 15 is 0 Å². The molecule has 1 amide bonds. The second-order valence-electron chi connectivity index (χ2n) is 6.80. The van der Waals surface area contributed by atoms with Crippen molar-refractivity contribution in [2.75, 3.05) is 53.6 Å². The van der Waals surface area contributed by atoms with Gasteiger partial charge in [-0.15, -0.1) is 24.0 Å². The van der Waals surface area contributed by atoms with Crippen LogP contribution < -0.4 is 16.0 Å². The zero-order valence-corrected chi connectivity index (χ0v) is 18.4. The summed E-state index contributed by atoms with van der Waals surface area (Å²) in [6.45, 7) is 8.41. The van der Waals surface area contributed by atoms with E-state index in [2.05, 4.69) is 20.9 Å². The maximum atomic E-state index is 11.8. The molecule has 1 fully saturated rings. The van der Waals surface area contributed by atoms with E-state index in [1.165, 1.54) is 0 Å². The van der Waals surface area contributed by atoms with Gasteiger partial charge in [0.1, 0.15) is 0 Å². The molecule has 1 saturated heterocycles. The van der Waals surface area contributed by atoms with Gasteiger partial charge in [0, 0.05) is 53.6 Å². The molecular weight excluding hydrogens is 435 g/mol. The molecule has 3 N–H and O–H groups in total. The summed E-state index contributed by atoms with van der Waals surface area (Å²) >= 11 is 0. The number of guanidine groups is 1. The van der Waals surface area contributed by atoms with Crippen molar-refractivity contribution in [3.05, 3.63) is 0 Å². The Labute approximate surface area is 169 Å². The molecule has 25 heavy (non-hydrogen) atoms. The Morgan fingerprint density at radius 2 is 1.96 bits per heavy atom. The summed E-state index contributed by atoms with van der Waals surface area (Å²) in [4.78, 5) is 15.9. The first-order valence-electron chi connectivity index (χ1n) is 8.82. The van der Waals surface area contributed by atoms with E-state index in [1.54, 1.807) is 14.1 Å². The van der Waals surface area contributed by atoms with E-state index in [0.717, 1.165) is 52.2 Å². The molecule has 1 heterocycles. The Balaban J connectivity index is 0.00000576. The summed E-state index contributed by atoms with van der Waals surface area (Å²) in [6, 6.07) is 0. The van der Waals surface area contributed by atoms with Crippen LogP contribution in [0.4, 0.5) is 0 Å². The van der Waals surface area contributed by atoms with Crippen molar-refractivity contribution < 1.29 is 14.3 Å². The van der Waals surface area contributed by atoms with E-state index in [1.807, 2.05) is 13.8 Å². The van der Waals surface area contributed by atoms with Crippen LogP contribution in [0.3, 0.4) is 0 Å². The van der Waals surface area contributed by atoms with Crippen molar-refractivity contribution in [1.82, 2.24) is 16.0 Å². The van der Waals surface area contributed by atoms with Gasteiger partial charge in [-0.25, -0.2) is 0 Å². The van der Waals surface area contributed by atoms with Crippen molar-refractivity contribution in [2.45, 2.75) is 33.1 Å². The van der Waals surface area contributed by atoms with Crippen molar-refractivity contribution in [1.29, 1.82) is 0 Å². The Morgan fingerprint density at radius 3 is 2.56 bits per heavy atom. The maximum Gasteiger partial charge on any atom is 0.227 e. The number of aliphatic imine (C=N–C) groups is 1. The zero-order valence-electron chi connectivity index (χ0n) is 16.0. The molecule has 0 bridgehead atoms. The predicted octanol–water partition coefficient (Wildman–Crippen LogP) is 1.37. The minimum absolute atomic E-state index is 0. The number of hydrogen-bond acceptors (Lipinski definition) is 4. The topological polar surface area (TPSA) is 84.0 Å². The third-order valence-corrected chi connectivity index (χ3v) is 4.22. The highest BCUT2D eigenvalue weighted by atomic mass is 127. The van der Waals surface area contributed by atoms with E-state index in [4.69, 9.17) is 9.47 Å². The van der Waals surface area contributed by atoms with Gasteiger partial charge in [-0.1, -0.05) is 0 Å². The summed E-state index contributed by atoms with van der Waals surface area (Å²) in [5.41, 5.74) is -0.487. The van der Waals surface area contributed by atoms with Crippen LogP contribution in [0.2, 0.25) is 0 Å². The molecule has 1 aliphatic rings. The van der Waals surface area contributed by atoms with Gasteiger partial charge in [0.05, 0.1) is 5.41 Å². The molecule has 0 radical (unpaired) electrons. The second kappa shape index (κ2) is 13.6. The fraction of sp³-hybridized carbons (Fsp3) is 0.882. The number of nitrogens with one attached hydrogen (secondary N) is 3. The Hall–Kier alpha value is -0.610. The zero-order chi connectivity index (χ0) is 17.8. The van der Waals surface area contributed by atoms with Crippen LogP contribution in [0.5, 0.6) is 0 Å². The number of carbonyl (C=O) groups is 1. The highest BCUT2D eigenvalue weighted by Gasteiger charge is 2.26. The molecule has 0 unspecified atom stereocenters. The molecule has 0 saturated carbocycles. The first-order valence-corrected chi connectivity index (χ1v) is 8.82. The fourth-order valence-electron chi connectivity index (χ4n) is 2.49. The highest BCUT2D eigenvalue weighted by molar-refractivity contribution is 14.0. The molecular formula is C17H35IN4O3. The minimum Gasteiger partial charge on any atom is -0.381 e. The quantitative estimate of drug-likeness (QED) is 0.205. The van der Waals surface area contributed by atoms with Gasteiger partial charge in [0.15, 0.2) is 5.96 Å². The first kappa shape index (κ1) is 24.4. The van der Waals surface area contributed by atoms with Crippen molar-refractivity contribution in [3.8, 4) is 0 Å². The first-order chi connectivity index (χ1) is 11.5. The van der Waals surface area contributed by atoms with Crippen LogP contribution in [0.1, 0.15) is 33.1 Å². The maximum absolute atomic E-state index is 11.8. The van der Waals surface area contributed by atoms with Crippen LogP contribution in [0.25, 0.3) is 0 Å². The number of nitrogens with zero attached hydrogens (tertiary/aromatic N) is 1. The number of rotatable bonds is 9. The summed E-state index contributed by atoms with van der Waals surface area (Å²) in [5, 5.41) is 9.11. The fourth-order valence-corrected chi connectivity index (χ4v) is 2.49. The second-order valence-corrected chi connectivity index (χ2v) is 6.80. The number of carbonyl (C=O) groups excluding carboxylic acids is 1. The normalized spacial score (nSPS) is 16.1. The monoisotopic (exact) mass is 470 g/mol. The number of amides is 1. The van der Waals surface area contributed by atoms with E-state index < -0.39 is 5.41 Å². The molecule has 1 aliphatic heterocycles. The van der Waals surface area contributed by atoms with Crippen LogP contribution >= 0.6 is 24.0 Å². The SMILES string of the molecule is CN=C(NCCCOCC1CCOCC1)NCC(C)(C)C(=O)NC.I. The van der Waals surface area contributed by atoms with E-state index in [-0.39, 0.29) is 29.9 Å². The Kier molecular flexibility index (Phi) is 13.2. The molecule has 7 nitrogen and oxygen atoms in total. The van der Waals surface area contributed by atoms with Crippen molar-refractivity contribution in [3.63, 3.8) is 0 Å². The molecule has 0 aromatic carbocycles. The third-order valence-electron chi connectivity index (χ3n) is 4.22. The lowest BCUT2D eigenvalue weighted by molar-refractivity contribution is -0.128. The standard InChI is InChI=1S/C17H34N4O3.HI/c1-17(2,15(22)18-3)13-21-16(19-4)20-8-5-9-24-12-14-6-10-23-11-7-14;/h14H,5-13H2,1-4H3,(H,18,22)(H2,19,20,21);1H. The molecule has 0 aliphatic carbocycles. The molecule has 0 aromatic rings. The van der Waals surface area contributed by atoms with Crippen LogP contribution in [0.15, 0.2) is 4.99 Å². The number of hydrogen-bond donors (Lipinski definition) is 3. The molecule has 0 aromatic heterocycles. The van der Waals surface area contributed by atoms with Crippen LogP contribution in [-0.4, -0.2) is 65.5 Å². The Morgan fingerprint density at radius 1 is 1.28 bits per heavy atom. The lowest BCUT2D eigenvalue weighted by atomic mass is 9.92. The van der Waals surface area contributed by atoms with Gasteiger partial charge >= 0.3 is 0 Å². The lowest BCUT2D eigenvalue weighted by Gasteiger charge is -2.24.